The summed E-state index contributed by atoms with van der Waals surface area (Å²) >= 11 is 0. The topological polar surface area (TPSA) is 58.3 Å². The minimum absolute atomic E-state index is 0.340. The zero-order chi connectivity index (χ0) is 16.1. The van der Waals surface area contributed by atoms with Crippen LogP contribution in [-0.2, 0) is 0 Å². The molecule has 2 rings (SSSR count). The number of aliphatic hydroxyl groups is 1. The van der Waals surface area contributed by atoms with Gasteiger partial charge >= 0.3 is 0 Å². The third-order valence-electron chi connectivity index (χ3n) is 6.15. The third-order valence-corrected chi connectivity index (χ3v) is 6.15. The van der Waals surface area contributed by atoms with Crippen molar-refractivity contribution < 1.29 is 5.11 Å². The second kappa shape index (κ2) is 8.47. The first kappa shape index (κ1) is 18.0. The van der Waals surface area contributed by atoms with Crippen LogP contribution in [0.3, 0.4) is 0 Å². The van der Waals surface area contributed by atoms with Crippen LogP contribution in [0.5, 0.6) is 0 Å². The Labute approximate surface area is 136 Å². The molecule has 0 aromatic rings. The molecule has 0 amide bonds. The van der Waals surface area contributed by atoms with Crippen molar-refractivity contribution in [2.24, 2.45) is 29.4 Å². The van der Waals surface area contributed by atoms with Crippen molar-refractivity contribution in [1.82, 2.24) is 5.32 Å². The SMILES string of the molecule is C=C(C)CNC(C)C1CCCC(C2CCC(C(N)O)CC2)C1. The molecule has 3 heteroatoms. The van der Waals surface area contributed by atoms with E-state index < -0.39 is 6.23 Å². The maximum atomic E-state index is 9.55. The molecule has 0 radical (unpaired) electrons. The van der Waals surface area contributed by atoms with E-state index in [0.29, 0.717) is 12.0 Å². The standard InChI is InChI=1S/C19H36N2O/c1-13(2)12-21-14(3)17-5-4-6-18(11-17)15-7-9-16(10-8-15)19(20)22/h14-19,21-22H,1,4-12,20H2,2-3H3. The molecule has 4 N–H and O–H groups in total. The molecule has 22 heavy (non-hydrogen) atoms. The van der Waals surface area contributed by atoms with Gasteiger partial charge in [-0.2, -0.15) is 0 Å². The summed E-state index contributed by atoms with van der Waals surface area (Å²) in [6, 6.07) is 0.599. The quantitative estimate of drug-likeness (QED) is 0.520. The number of hydrogen-bond acceptors (Lipinski definition) is 3. The predicted molar refractivity (Wildman–Crippen MR) is 93.4 cm³/mol. The molecule has 2 fully saturated rings. The lowest BCUT2D eigenvalue weighted by Crippen LogP contribution is -2.39. The van der Waals surface area contributed by atoms with E-state index in [9.17, 15) is 5.11 Å². The average Bonchev–Trinajstić information content (AvgIpc) is 2.52. The van der Waals surface area contributed by atoms with Crippen LogP contribution >= 0.6 is 0 Å². The van der Waals surface area contributed by atoms with Crippen LogP contribution in [-0.4, -0.2) is 23.9 Å². The van der Waals surface area contributed by atoms with E-state index in [4.69, 9.17) is 5.73 Å². The van der Waals surface area contributed by atoms with Crippen molar-refractivity contribution in [1.29, 1.82) is 0 Å². The molecule has 2 saturated carbocycles. The summed E-state index contributed by atoms with van der Waals surface area (Å²) in [6.45, 7) is 9.37. The third kappa shape index (κ3) is 5.07. The summed E-state index contributed by atoms with van der Waals surface area (Å²) in [5, 5.41) is 13.2. The fourth-order valence-electron chi connectivity index (χ4n) is 4.61. The van der Waals surface area contributed by atoms with E-state index >= 15 is 0 Å². The minimum atomic E-state index is -0.605. The average molecular weight is 309 g/mol. The van der Waals surface area contributed by atoms with Crippen molar-refractivity contribution >= 4 is 0 Å². The van der Waals surface area contributed by atoms with Crippen LogP contribution in [0.25, 0.3) is 0 Å². The van der Waals surface area contributed by atoms with Crippen molar-refractivity contribution in [2.75, 3.05) is 6.54 Å². The minimum Gasteiger partial charge on any atom is -0.379 e. The second-order valence-electron chi connectivity index (χ2n) is 7.98. The molecule has 4 unspecified atom stereocenters. The summed E-state index contributed by atoms with van der Waals surface area (Å²) in [4.78, 5) is 0. The van der Waals surface area contributed by atoms with Gasteiger partial charge in [-0.1, -0.05) is 25.0 Å². The Morgan fingerprint density at radius 1 is 1.14 bits per heavy atom. The lowest BCUT2D eigenvalue weighted by Gasteiger charge is -2.40. The van der Waals surface area contributed by atoms with Gasteiger partial charge in [-0.3, -0.25) is 0 Å². The molecule has 2 aliphatic carbocycles. The smallest absolute Gasteiger partial charge is 0.105 e. The van der Waals surface area contributed by atoms with Crippen LogP contribution in [0.1, 0.15) is 65.2 Å². The van der Waals surface area contributed by atoms with Gasteiger partial charge in [-0.25, -0.2) is 0 Å². The fourth-order valence-corrected chi connectivity index (χ4v) is 4.61. The lowest BCUT2D eigenvalue weighted by atomic mass is 9.67. The summed E-state index contributed by atoms with van der Waals surface area (Å²) in [6.07, 6.45) is 9.71. The number of nitrogens with two attached hydrogens (primary N) is 1. The molecule has 0 heterocycles. The first-order valence-corrected chi connectivity index (χ1v) is 9.28. The van der Waals surface area contributed by atoms with Gasteiger partial charge in [0.15, 0.2) is 0 Å². The van der Waals surface area contributed by atoms with E-state index in [1.807, 2.05) is 0 Å². The van der Waals surface area contributed by atoms with Crippen molar-refractivity contribution in [2.45, 2.75) is 77.5 Å². The lowest BCUT2D eigenvalue weighted by molar-refractivity contribution is 0.0577. The number of rotatable bonds is 6. The Morgan fingerprint density at radius 2 is 1.82 bits per heavy atom. The Kier molecular flexibility index (Phi) is 6.91. The molecule has 128 valence electrons. The Hall–Kier alpha value is -0.380. The molecular formula is C19H36N2O. The maximum Gasteiger partial charge on any atom is 0.105 e. The Bertz CT molecular complexity index is 347. The largest absolute Gasteiger partial charge is 0.379 e. The zero-order valence-electron chi connectivity index (χ0n) is 14.6. The molecule has 2 aliphatic rings. The molecule has 0 aromatic heterocycles. The molecule has 4 atom stereocenters. The monoisotopic (exact) mass is 308 g/mol. The van der Waals surface area contributed by atoms with E-state index in [0.717, 1.165) is 37.1 Å². The molecule has 0 aliphatic heterocycles. The van der Waals surface area contributed by atoms with Gasteiger partial charge in [0, 0.05) is 12.6 Å². The van der Waals surface area contributed by atoms with Gasteiger partial charge < -0.3 is 16.2 Å². The highest BCUT2D eigenvalue weighted by Crippen LogP contribution is 2.42. The second-order valence-corrected chi connectivity index (χ2v) is 7.98. The molecule has 0 aromatic carbocycles. The van der Waals surface area contributed by atoms with E-state index in [1.54, 1.807) is 0 Å². The van der Waals surface area contributed by atoms with Gasteiger partial charge in [0.1, 0.15) is 6.23 Å². The Balaban J connectivity index is 1.79. The zero-order valence-corrected chi connectivity index (χ0v) is 14.6. The van der Waals surface area contributed by atoms with E-state index in [1.165, 1.54) is 44.1 Å². The van der Waals surface area contributed by atoms with Crippen LogP contribution in [0.2, 0.25) is 0 Å². The van der Waals surface area contributed by atoms with Crippen LogP contribution < -0.4 is 11.1 Å². The Morgan fingerprint density at radius 3 is 2.41 bits per heavy atom. The highest BCUT2D eigenvalue weighted by atomic mass is 16.3. The summed E-state index contributed by atoms with van der Waals surface area (Å²) < 4.78 is 0. The highest BCUT2D eigenvalue weighted by Gasteiger charge is 2.33. The van der Waals surface area contributed by atoms with Gasteiger partial charge in [0.05, 0.1) is 0 Å². The first-order valence-electron chi connectivity index (χ1n) is 9.28. The number of aliphatic hydroxyl groups excluding tert-OH is 1. The normalized spacial score (nSPS) is 35.8. The molecular weight excluding hydrogens is 272 g/mol. The van der Waals surface area contributed by atoms with Gasteiger partial charge in [-0.05, 0) is 76.0 Å². The van der Waals surface area contributed by atoms with Crippen molar-refractivity contribution in [3.05, 3.63) is 12.2 Å². The number of nitrogens with one attached hydrogen (secondary N) is 1. The maximum absolute atomic E-state index is 9.55. The summed E-state index contributed by atoms with van der Waals surface area (Å²) in [7, 11) is 0. The fraction of sp³-hybridized carbons (Fsp3) is 0.895. The van der Waals surface area contributed by atoms with Gasteiger partial charge in [0.25, 0.3) is 0 Å². The predicted octanol–water partition coefficient (Wildman–Crippen LogP) is 3.43. The van der Waals surface area contributed by atoms with Crippen LogP contribution in [0.4, 0.5) is 0 Å². The van der Waals surface area contributed by atoms with Crippen LogP contribution in [0.15, 0.2) is 12.2 Å². The van der Waals surface area contributed by atoms with Crippen molar-refractivity contribution in [3.8, 4) is 0 Å². The van der Waals surface area contributed by atoms with Crippen LogP contribution in [0, 0.1) is 23.7 Å². The first-order chi connectivity index (χ1) is 10.5. The van der Waals surface area contributed by atoms with E-state index in [2.05, 4.69) is 25.7 Å². The summed E-state index contributed by atoms with van der Waals surface area (Å²) in [5.74, 6) is 2.91. The van der Waals surface area contributed by atoms with E-state index in [-0.39, 0.29) is 0 Å². The van der Waals surface area contributed by atoms with Crippen molar-refractivity contribution in [3.63, 3.8) is 0 Å². The molecule has 0 saturated heterocycles. The molecule has 0 spiro atoms. The molecule has 0 bridgehead atoms. The summed E-state index contributed by atoms with van der Waals surface area (Å²) in [5.41, 5.74) is 6.87. The highest BCUT2D eigenvalue weighted by molar-refractivity contribution is 4.93. The molecule has 3 nitrogen and oxygen atoms in total. The number of hydrogen-bond donors (Lipinski definition) is 3. The van der Waals surface area contributed by atoms with Gasteiger partial charge in [0.2, 0.25) is 0 Å². The van der Waals surface area contributed by atoms with Gasteiger partial charge in [-0.15, -0.1) is 0 Å².